The molecule has 3 heteroatoms. The molecule has 0 N–H and O–H groups in total. The van der Waals surface area contributed by atoms with Gasteiger partial charge < -0.3 is 0 Å². The van der Waals surface area contributed by atoms with E-state index < -0.39 is 0 Å². The van der Waals surface area contributed by atoms with Crippen LogP contribution < -0.4 is 0 Å². The van der Waals surface area contributed by atoms with E-state index in [0.717, 1.165) is 0 Å². The third-order valence-corrected chi connectivity index (χ3v) is 13.1. The molecule has 0 radical (unpaired) electrons. The van der Waals surface area contributed by atoms with Crippen molar-refractivity contribution in [1.29, 1.82) is 0 Å². The molecule has 2 heterocycles. The van der Waals surface area contributed by atoms with Gasteiger partial charge in [0.05, 0.1) is 0 Å². The summed E-state index contributed by atoms with van der Waals surface area (Å²) in [4.78, 5) is 0. The molecule has 4 atom stereocenters. The maximum Gasteiger partial charge on any atom is -0.00509 e. The highest BCUT2D eigenvalue weighted by molar-refractivity contribution is 14.2. The van der Waals surface area contributed by atoms with Crippen molar-refractivity contribution in [2.24, 2.45) is 0 Å². The van der Waals surface area contributed by atoms with Gasteiger partial charge in [0.25, 0.3) is 0 Å². The van der Waals surface area contributed by atoms with Crippen molar-refractivity contribution in [2.45, 2.75) is 56.8 Å². The first kappa shape index (κ1) is 13.0. The van der Waals surface area contributed by atoms with Gasteiger partial charge >= 0.3 is 0 Å². The highest BCUT2D eigenvalue weighted by Crippen LogP contribution is 2.65. The Balaban J connectivity index is 1.89. The van der Waals surface area contributed by atoms with Crippen molar-refractivity contribution in [3.8, 4) is 0 Å². The summed E-state index contributed by atoms with van der Waals surface area (Å²) < 4.78 is 0. The van der Waals surface area contributed by atoms with Crippen molar-refractivity contribution >= 4 is 35.5 Å². The second-order valence-corrected chi connectivity index (χ2v) is 13.3. The number of hydrogen-bond donors (Lipinski definition) is 0. The molecule has 3 unspecified atom stereocenters. The summed E-state index contributed by atoms with van der Waals surface area (Å²) in [5, 5.41) is 0. The summed E-state index contributed by atoms with van der Waals surface area (Å²) in [6.07, 6.45) is 14.0. The predicted octanol–water partition coefficient (Wildman–Crippen LogP) is 5.43. The van der Waals surface area contributed by atoms with Crippen LogP contribution in [0.1, 0.15) is 45.4 Å². The summed E-state index contributed by atoms with van der Waals surface area (Å²) in [7, 11) is 0.459. The van der Waals surface area contributed by atoms with Crippen molar-refractivity contribution in [3.05, 3.63) is 0 Å². The van der Waals surface area contributed by atoms with E-state index in [0.29, 0.717) is 13.5 Å². The van der Waals surface area contributed by atoms with Gasteiger partial charge in [-0.15, -0.1) is 7.92 Å². The van der Waals surface area contributed by atoms with Crippen LogP contribution in [0.4, 0.5) is 0 Å². The first-order chi connectivity index (χ1) is 7.33. The van der Waals surface area contributed by atoms with Gasteiger partial charge in [-0.05, 0) is 67.5 Å². The standard InChI is InChI=1S/C12H23IP2/c1-2-3-8-14-9-4-6-11(14)12-7-5-10-15(12)13/h11-12H,2-10H2,1H3/t11-,12?,14?,15?/m1/s1. The zero-order valence-electron chi connectivity index (χ0n) is 9.79. The largest absolute Gasteiger partial charge is 0.103 e. The van der Waals surface area contributed by atoms with Crippen LogP contribution in [-0.4, -0.2) is 29.8 Å². The van der Waals surface area contributed by atoms with E-state index in [2.05, 4.69) is 29.0 Å². The summed E-state index contributed by atoms with van der Waals surface area (Å²) in [6, 6.07) is 0. The molecule has 0 aliphatic carbocycles. The number of unbranched alkanes of at least 4 members (excludes halogenated alkanes) is 1. The topological polar surface area (TPSA) is 0 Å². The van der Waals surface area contributed by atoms with Gasteiger partial charge in [-0.1, -0.05) is 35.4 Å². The SMILES string of the molecule is CCCCP1CCC[C@@H]1C1CCCP1I. The van der Waals surface area contributed by atoms with E-state index in [1.807, 2.05) is 0 Å². The van der Waals surface area contributed by atoms with Gasteiger partial charge in [0.1, 0.15) is 0 Å². The lowest BCUT2D eigenvalue weighted by Gasteiger charge is -2.28. The Bertz CT molecular complexity index is 198. The van der Waals surface area contributed by atoms with Crippen LogP contribution in [0.25, 0.3) is 0 Å². The molecule has 0 aromatic heterocycles. The molecule has 0 amide bonds. The summed E-state index contributed by atoms with van der Waals surface area (Å²) in [6.45, 7) is 2.35. The molecule has 2 rings (SSSR count). The zero-order chi connectivity index (χ0) is 10.7. The van der Waals surface area contributed by atoms with Crippen LogP contribution in [0.5, 0.6) is 0 Å². The van der Waals surface area contributed by atoms with Gasteiger partial charge in [-0.25, -0.2) is 0 Å². The van der Waals surface area contributed by atoms with E-state index in [1.54, 1.807) is 44.2 Å². The smallest absolute Gasteiger partial charge is 0.00509 e. The lowest BCUT2D eigenvalue weighted by Crippen LogP contribution is -2.17. The van der Waals surface area contributed by atoms with Crippen molar-refractivity contribution in [3.63, 3.8) is 0 Å². The van der Waals surface area contributed by atoms with Crippen LogP contribution in [0.2, 0.25) is 0 Å². The third kappa shape index (κ3) is 3.29. The Labute approximate surface area is 110 Å². The first-order valence-corrected chi connectivity index (χ1v) is 12.7. The van der Waals surface area contributed by atoms with Crippen molar-refractivity contribution < 1.29 is 0 Å². The summed E-state index contributed by atoms with van der Waals surface area (Å²) >= 11 is 2.81. The van der Waals surface area contributed by atoms with Gasteiger partial charge in [0.15, 0.2) is 0 Å². The number of hydrogen-bond acceptors (Lipinski definition) is 0. The molecule has 2 fully saturated rings. The first-order valence-electron chi connectivity index (χ1n) is 6.49. The summed E-state index contributed by atoms with van der Waals surface area (Å²) in [5.74, 6) is 0. The van der Waals surface area contributed by atoms with E-state index in [9.17, 15) is 0 Å². The fourth-order valence-electron chi connectivity index (χ4n) is 3.06. The van der Waals surface area contributed by atoms with Crippen LogP contribution in [0.3, 0.4) is 0 Å². The van der Waals surface area contributed by atoms with E-state index in [1.165, 1.54) is 24.2 Å². The summed E-state index contributed by atoms with van der Waals surface area (Å²) in [5.41, 5.74) is 2.80. The van der Waals surface area contributed by atoms with Gasteiger partial charge in [0.2, 0.25) is 0 Å². The normalized spacial score (nSPS) is 41.2. The minimum absolute atomic E-state index is 0.405. The number of rotatable bonds is 4. The van der Waals surface area contributed by atoms with E-state index in [-0.39, 0.29) is 0 Å². The molecule has 2 saturated heterocycles. The van der Waals surface area contributed by atoms with Crippen molar-refractivity contribution in [1.82, 2.24) is 0 Å². The number of halogens is 1. The molecule has 0 spiro atoms. The minimum atomic E-state index is 0.405. The molecule has 0 aromatic carbocycles. The lowest BCUT2D eigenvalue weighted by molar-refractivity contribution is 0.695. The van der Waals surface area contributed by atoms with Gasteiger partial charge in [0, 0.05) is 0 Å². The highest BCUT2D eigenvalue weighted by atomic mass is 127. The quantitative estimate of drug-likeness (QED) is 0.466. The third-order valence-electron chi connectivity index (χ3n) is 3.89. The molecule has 2 aliphatic rings. The second-order valence-electron chi connectivity index (χ2n) is 4.93. The molecular formula is C12H23IP2. The average molecular weight is 356 g/mol. The molecule has 0 saturated carbocycles. The Morgan fingerprint density at radius 3 is 2.53 bits per heavy atom. The monoisotopic (exact) mass is 356 g/mol. The lowest BCUT2D eigenvalue weighted by atomic mass is 10.1. The fraction of sp³-hybridized carbons (Fsp3) is 1.00. The Morgan fingerprint density at radius 2 is 1.87 bits per heavy atom. The zero-order valence-corrected chi connectivity index (χ0v) is 13.7. The van der Waals surface area contributed by atoms with Crippen molar-refractivity contribution in [2.75, 3.05) is 18.5 Å². The van der Waals surface area contributed by atoms with Crippen LogP contribution in [0.15, 0.2) is 0 Å². The minimum Gasteiger partial charge on any atom is -0.103 e. The molecule has 15 heavy (non-hydrogen) atoms. The fourth-order valence-corrected chi connectivity index (χ4v) is 13.1. The van der Waals surface area contributed by atoms with E-state index >= 15 is 0 Å². The highest BCUT2D eigenvalue weighted by Gasteiger charge is 2.38. The Kier molecular flexibility index (Phi) is 5.65. The van der Waals surface area contributed by atoms with Gasteiger partial charge in [-0.3, -0.25) is 0 Å². The Morgan fingerprint density at radius 1 is 1.13 bits per heavy atom. The Hall–Kier alpha value is 1.59. The van der Waals surface area contributed by atoms with Gasteiger partial charge in [-0.2, -0.15) is 0 Å². The second kappa shape index (κ2) is 6.50. The molecule has 2 aliphatic heterocycles. The molecule has 0 aromatic rings. The van der Waals surface area contributed by atoms with Crippen LogP contribution in [-0.2, 0) is 0 Å². The average Bonchev–Trinajstić information content (AvgIpc) is 2.82. The molecule has 0 bridgehead atoms. The predicted molar refractivity (Wildman–Crippen MR) is 83.4 cm³/mol. The maximum atomic E-state index is 2.81. The van der Waals surface area contributed by atoms with Crippen LogP contribution in [0, 0.1) is 0 Å². The molecule has 0 nitrogen and oxygen atoms in total. The molecule has 88 valence electrons. The molecular weight excluding hydrogens is 333 g/mol. The van der Waals surface area contributed by atoms with E-state index in [4.69, 9.17) is 0 Å². The maximum absolute atomic E-state index is 2.81. The van der Waals surface area contributed by atoms with Crippen LogP contribution >= 0.6 is 35.5 Å².